The fourth-order valence-corrected chi connectivity index (χ4v) is 1.99. The third kappa shape index (κ3) is 2.57. The second kappa shape index (κ2) is 5.07. The van der Waals surface area contributed by atoms with Crippen molar-refractivity contribution in [3.63, 3.8) is 0 Å². The molecule has 0 saturated heterocycles. The van der Waals surface area contributed by atoms with Crippen LogP contribution < -0.4 is 5.73 Å². The van der Waals surface area contributed by atoms with Gasteiger partial charge in [0.1, 0.15) is 10.7 Å². The zero-order chi connectivity index (χ0) is 11.6. The van der Waals surface area contributed by atoms with Crippen LogP contribution in [0.2, 0.25) is 0 Å². The molecule has 0 bridgehead atoms. The molecule has 1 aromatic carbocycles. The number of rotatable bonds is 3. The maximum Gasteiger partial charge on any atom is 0.133 e. The summed E-state index contributed by atoms with van der Waals surface area (Å²) >= 11 is 13.1. The Kier molecular flexibility index (Phi) is 4.27. The molecule has 1 rings (SSSR count). The van der Waals surface area contributed by atoms with Gasteiger partial charge in [-0.15, -0.1) is 25.3 Å². The van der Waals surface area contributed by atoms with Crippen LogP contribution in [0, 0.1) is 0 Å². The van der Waals surface area contributed by atoms with Crippen LogP contribution in [0.25, 0.3) is 0 Å². The van der Waals surface area contributed by atoms with Gasteiger partial charge in [0.2, 0.25) is 0 Å². The summed E-state index contributed by atoms with van der Waals surface area (Å²) in [6.45, 7) is -0.0660. The van der Waals surface area contributed by atoms with Gasteiger partial charge in [0.05, 0.1) is 4.90 Å². The van der Waals surface area contributed by atoms with E-state index in [-0.39, 0.29) is 17.3 Å². The lowest BCUT2D eigenvalue weighted by Gasteiger charge is -2.12. The lowest BCUT2D eigenvalue weighted by molar-refractivity contribution is 0.297. The summed E-state index contributed by atoms with van der Waals surface area (Å²) < 4.78 is 0. The molecule has 3 nitrogen and oxygen atoms in total. The van der Waals surface area contributed by atoms with Gasteiger partial charge in [-0.25, -0.2) is 0 Å². The van der Waals surface area contributed by atoms with E-state index in [4.69, 9.17) is 23.1 Å². The largest absolute Gasteiger partial charge is 0.506 e. The second-order valence-electron chi connectivity index (χ2n) is 2.97. The Morgan fingerprint density at radius 1 is 1.40 bits per heavy atom. The normalized spacial score (nSPS) is 10.3. The van der Waals surface area contributed by atoms with Gasteiger partial charge in [0, 0.05) is 17.1 Å². The first kappa shape index (κ1) is 12.6. The first-order valence-electron chi connectivity index (χ1n) is 4.16. The number of benzene rings is 1. The van der Waals surface area contributed by atoms with Crippen LogP contribution in [0.15, 0.2) is 15.9 Å². The maximum absolute atomic E-state index is 9.70. The zero-order valence-corrected chi connectivity index (χ0v) is 10.4. The summed E-state index contributed by atoms with van der Waals surface area (Å²) in [7, 11) is 0. The van der Waals surface area contributed by atoms with Crippen LogP contribution >= 0.6 is 37.5 Å². The van der Waals surface area contributed by atoms with Crippen molar-refractivity contribution in [3.05, 3.63) is 17.2 Å². The van der Waals surface area contributed by atoms with E-state index in [2.05, 4.69) is 25.3 Å². The highest BCUT2D eigenvalue weighted by atomic mass is 32.1. The molecule has 4 N–H and O–H groups in total. The first-order chi connectivity index (χ1) is 6.99. The fourth-order valence-electron chi connectivity index (χ4n) is 1.20. The molecule has 0 aromatic heterocycles. The summed E-state index contributed by atoms with van der Waals surface area (Å²) in [5.74, 6) is 0.0115. The van der Waals surface area contributed by atoms with Crippen LogP contribution in [-0.2, 0) is 6.42 Å². The fraction of sp³-hybridized carbons (Fsp3) is 0.222. The van der Waals surface area contributed by atoms with Crippen molar-refractivity contribution in [2.75, 3.05) is 6.61 Å². The summed E-state index contributed by atoms with van der Waals surface area (Å²) in [6.07, 6.45) is 0.322. The molecule has 82 valence electrons. The van der Waals surface area contributed by atoms with Crippen LogP contribution in [0.3, 0.4) is 0 Å². The van der Waals surface area contributed by atoms with E-state index in [9.17, 15) is 5.11 Å². The van der Waals surface area contributed by atoms with Gasteiger partial charge < -0.3 is 15.9 Å². The Labute approximate surface area is 104 Å². The summed E-state index contributed by atoms with van der Waals surface area (Å²) in [5, 5.41) is 18.5. The van der Waals surface area contributed by atoms with E-state index in [1.165, 1.54) is 0 Å². The van der Waals surface area contributed by atoms with E-state index in [0.717, 1.165) is 0 Å². The van der Waals surface area contributed by atoms with Crippen molar-refractivity contribution < 1.29 is 10.2 Å². The quantitative estimate of drug-likeness (QED) is 0.418. The standard InChI is InChI=1S/C9H11NO2S3/c10-9(15)5-3-4(1-2-11)6(12)8(14)7(5)13/h3,11-14H,1-2H2,(H2,10,15). The molecule has 15 heavy (non-hydrogen) atoms. The predicted molar refractivity (Wildman–Crippen MR) is 69.3 cm³/mol. The first-order valence-corrected chi connectivity index (χ1v) is 5.46. The number of hydrogen-bond donors (Lipinski definition) is 5. The van der Waals surface area contributed by atoms with E-state index < -0.39 is 0 Å². The second-order valence-corrected chi connectivity index (χ2v) is 4.30. The van der Waals surface area contributed by atoms with Crippen molar-refractivity contribution in [1.82, 2.24) is 0 Å². The number of aliphatic hydroxyl groups excluding tert-OH is 1. The molecule has 0 heterocycles. The van der Waals surface area contributed by atoms with Gasteiger partial charge in [-0.2, -0.15) is 0 Å². The van der Waals surface area contributed by atoms with E-state index in [0.29, 0.717) is 27.3 Å². The van der Waals surface area contributed by atoms with Crippen LogP contribution in [-0.4, -0.2) is 21.8 Å². The van der Waals surface area contributed by atoms with Gasteiger partial charge in [0.25, 0.3) is 0 Å². The number of aliphatic hydroxyl groups is 1. The molecule has 0 radical (unpaired) electrons. The molecular formula is C9H11NO2S3. The van der Waals surface area contributed by atoms with Crippen molar-refractivity contribution >= 4 is 42.5 Å². The van der Waals surface area contributed by atoms with Gasteiger partial charge in [-0.1, -0.05) is 12.2 Å². The monoisotopic (exact) mass is 261 g/mol. The molecule has 0 fully saturated rings. The van der Waals surface area contributed by atoms with Crippen molar-refractivity contribution in [3.8, 4) is 5.75 Å². The lowest BCUT2D eigenvalue weighted by Crippen LogP contribution is -2.11. The zero-order valence-electron chi connectivity index (χ0n) is 7.77. The summed E-state index contributed by atoms with van der Waals surface area (Å²) in [5.41, 5.74) is 6.62. The number of phenolic OH excluding ortho intramolecular Hbond substituents is 1. The third-order valence-electron chi connectivity index (χ3n) is 1.97. The molecule has 6 heteroatoms. The topological polar surface area (TPSA) is 66.5 Å². The van der Waals surface area contributed by atoms with E-state index in [1.807, 2.05) is 0 Å². The Balaban J connectivity index is 3.38. The SMILES string of the molecule is NC(=S)c1cc(CCO)c(O)c(S)c1S. The molecule has 0 amide bonds. The minimum atomic E-state index is -0.0660. The van der Waals surface area contributed by atoms with Crippen molar-refractivity contribution in [1.29, 1.82) is 0 Å². The van der Waals surface area contributed by atoms with Gasteiger partial charge in [-0.3, -0.25) is 0 Å². The smallest absolute Gasteiger partial charge is 0.133 e. The number of phenols is 1. The Morgan fingerprint density at radius 3 is 2.47 bits per heavy atom. The molecule has 0 aliphatic heterocycles. The van der Waals surface area contributed by atoms with Gasteiger partial charge in [0.15, 0.2) is 0 Å². The summed E-state index contributed by atoms with van der Waals surface area (Å²) in [4.78, 5) is 0.964. The number of hydrogen-bond acceptors (Lipinski definition) is 5. The highest BCUT2D eigenvalue weighted by Gasteiger charge is 2.14. The highest BCUT2D eigenvalue weighted by molar-refractivity contribution is 7.84. The van der Waals surface area contributed by atoms with Crippen LogP contribution in [0.4, 0.5) is 0 Å². The molecule has 0 unspecified atom stereocenters. The molecular weight excluding hydrogens is 250 g/mol. The molecule has 0 saturated carbocycles. The van der Waals surface area contributed by atoms with Gasteiger partial charge >= 0.3 is 0 Å². The highest BCUT2D eigenvalue weighted by Crippen LogP contribution is 2.34. The Morgan fingerprint density at radius 2 is 2.00 bits per heavy atom. The minimum absolute atomic E-state index is 0.0115. The Hall–Kier alpha value is -0.430. The molecule has 0 aliphatic rings. The number of nitrogens with two attached hydrogens (primary N) is 1. The number of thiol groups is 2. The van der Waals surface area contributed by atoms with Crippen LogP contribution in [0.5, 0.6) is 5.75 Å². The third-order valence-corrected chi connectivity index (χ3v) is 3.27. The minimum Gasteiger partial charge on any atom is -0.506 e. The van der Waals surface area contributed by atoms with E-state index >= 15 is 0 Å². The summed E-state index contributed by atoms with van der Waals surface area (Å²) in [6, 6.07) is 1.62. The predicted octanol–water partition coefficient (Wildman–Crippen LogP) is 1.14. The molecule has 0 atom stereocenters. The van der Waals surface area contributed by atoms with Crippen molar-refractivity contribution in [2.24, 2.45) is 5.73 Å². The van der Waals surface area contributed by atoms with Crippen molar-refractivity contribution in [2.45, 2.75) is 16.2 Å². The lowest BCUT2D eigenvalue weighted by atomic mass is 10.1. The van der Waals surface area contributed by atoms with E-state index in [1.54, 1.807) is 6.07 Å². The van der Waals surface area contributed by atoms with Crippen LogP contribution in [0.1, 0.15) is 11.1 Å². The number of thiocarbonyl (C=S) groups is 1. The number of aromatic hydroxyl groups is 1. The maximum atomic E-state index is 9.70. The molecule has 0 aliphatic carbocycles. The molecule has 0 spiro atoms. The molecule has 1 aromatic rings. The van der Waals surface area contributed by atoms with Gasteiger partial charge in [-0.05, 0) is 18.1 Å². The average Bonchev–Trinajstić information content (AvgIpc) is 2.18. The Bertz CT molecular complexity index is 407. The average molecular weight is 261 g/mol.